The Balaban J connectivity index is 2.07. The van der Waals surface area contributed by atoms with Crippen LogP contribution in [0, 0.1) is 0 Å². The summed E-state index contributed by atoms with van der Waals surface area (Å²) in [6.45, 7) is 3.45. The van der Waals surface area contributed by atoms with E-state index in [9.17, 15) is 9.59 Å². The molecule has 2 atom stereocenters. The van der Waals surface area contributed by atoms with E-state index < -0.39 is 11.9 Å². The van der Waals surface area contributed by atoms with Gasteiger partial charge in [-0.3, -0.25) is 9.59 Å². The van der Waals surface area contributed by atoms with Crippen molar-refractivity contribution in [1.29, 1.82) is 0 Å². The first-order chi connectivity index (χ1) is 11.4. The molecule has 5 heteroatoms. The lowest BCUT2D eigenvalue weighted by atomic mass is 9.99. The van der Waals surface area contributed by atoms with Crippen molar-refractivity contribution < 1.29 is 19.4 Å². The zero-order valence-electron chi connectivity index (χ0n) is 13.9. The van der Waals surface area contributed by atoms with Crippen LogP contribution < -0.4 is 10.1 Å². The van der Waals surface area contributed by atoms with E-state index in [0.717, 1.165) is 5.56 Å². The van der Waals surface area contributed by atoms with E-state index in [0.29, 0.717) is 17.0 Å². The highest BCUT2D eigenvalue weighted by molar-refractivity contribution is 5.95. The minimum atomic E-state index is -0.876. The summed E-state index contributed by atoms with van der Waals surface area (Å²) in [6.07, 6.45) is 0. The molecule has 2 unspecified atom stereocenters. The molecule has 0 aliphatic carbocycles. The average Bonchev–Trinajstić information content (AvgIpc) is 2.61. The van der Waals surface area contributed by atoms with Crippen molar-refractivity contribution in [2.24, 2.45) is 0 Å². The van der Waals surface area contributed by atoms with Gasteiger partial charge in [-0.15, -0.1) is 0 Å². The number of carboxylic acid groups (broad SMARTS) is 1. The zero-order chi connectivity index (χ0) is 17.7. The zero-order valence-corrected chi connectivity index (χ0v) is 13.9. The number of methoxy groups -OCH3 is 1. The molecule has 0 fully saturated rings. The Morgan fingerprint density at radius 3 is 2.25 bits per heavy atom. The Morgan fingerprint density at radius 1 is 1.00 bits per heavy atom. The molecule has 0 spiro atoms. The third-order valence-electron chi connectivity index (χ3n) is 4.04. The van der Waals surface area contributed by atoms with Crippen LogP contribution in [0.15, 0.2) is 48.5 Å². The highest BCUT2D eigenvalue weighted by Crippen LogP contribution is 2.23. The molecule has 0 saturated carbocycles. The fourth-order valence-corrected chi connectivity index (χ4v) is 2.31. The third kappa shape index (κ3) is 4.13. The standard InChI is InChI=1S/C19H21NO4/c1-12(15-5-4-6-17(11-15)24-3)18(21)20-16-9-7-14(8-10-16)13(2)19(22)23/h4-13H,1-3H3,(H,20,21)(H,22,23). The summed E-state index contributed by atoms with van der Waals surface area (Å²) >= 11 is 0. The van der Waals surface area contributed by atoms with Crippen molar-refractivity contribution >= 4 is 17.6 Å². The molecule has 2 N–H and O–H groups in total. The number of rotatable bonds is 6. The molecular weight excluding hydrogens is 306 g/mol. The van der Waals surface area contributed by atoms with Crippen LogP contribution in [0.2, 0.25) is 0 Å². The van der Waals surface area contributed by atoms with Crippen LogP contribution in [0.3, 0.4) is 0 Å². The van der Waals surface area contributed by atoms with Crippen molar-refractivity contribution in [1.82, 2.24) is 0 Å². The van der Waals surface area contributed by atoms with E-state index in [2.05, 4.69) is 5.32 Å². The van der Waals surface area contributed by atoms with E-state index >= 15 is 0 Å². The topological polar surface area (TPSA) is 75.6 Å². The van der Waals surface area contributed by atoms with Crippen LogP contribution >= 0.6 is 0 Å². The first kappa shape index (κ1) is 17.5. The Bertz CT molecular complexity index is 724. The molecule has 0 aliphatic heterocycles. The van der Waals surface area contributed by atoms with Crippen LogP contribution in [-0.4, -0.2) is 24.1 Å². The van der Waals surface area contributed by atoms with Gasteiger partial charge < -0.3 is 15.2 Å². The minimum absolute atomic E-state index is 0.137. The second-order valence-corrected chi connectivity index (χ2v) is 5.67. The number of carboxylic acids is 1. The van der Waals surface area contributed by atoms with Crippen molar-refractivity contribution in [3.8, 4) is 5.75 Å². The summed E-state index contributed by atoms with van der Waals surface area (Å²) in [7, 11) is 1.59. The van der Waals surface area contributed by atoms with Gasteiger partial charge in [0.1, 0.15) is 5.75 Å². The number of ether oxygens (including phenoxy) is 1. The maximum Gasteiger partial charge on any atom is 0.310 e. The molecule has 126 valence electrons. The number of amides is 1. The molecular formula is C19H21NO4. The molecule has 0 heterocycles. The van der Waals surface area contributed by atoms with Gasteiger partial charge >= 0.3 is 5.97 Å². The molecule has 2 rings (SSSR count). The summed E-state index contributed by atoms with van der Waals surface area (Å²) in [5, 5.41) is 11.9. The smallest absolute Gasteiger partial charge is 0.310 e. The van der Waals surface area contributed by atoms with Crippen LogP contribution in [0.1, 0.15) is 36.8 Å². The molecule has 24 heavy (non-hydrogen) atoms. The number of nitrogens with one attached hydrogen (secondary N) is 1. The summed E-state index contributed by atoms with van der Waals surface area (Å²) in [5.74, 6) is -1.22. The summed E-state index contributed by atoms with van der Waals surface area (Å²) in [5.41, 5.74) is 2.19. The quantitative estimate of drug-likeness (QED) is 0.849. The fourth-order valence-electron chi connectivity index (χ4n) is 2.31. The van der Waals surface area contributed by atoms with Gasteiger partial charge in [0.2, 0.25) is 5.91 Å². The molecule has 0 aliphatic rings. The maximum absolute atomic E-state index is 12.4. The van der Waals surface area contributed by atoms with Crippen molar-refractivity contribution in [2.45, 2.75) is 25.7 Å². The van der Waals surface area contributed by atoms with Crippen LogP contribution in [0.25, 0.3) is 0 Å². The van der Waals surface area contributed by atoms with E-state index in [-0.39, 0.29) is 11.8 Å². The summed E-state index contributed by atoms with van der Waals surface area (Å²) < 4.78 is 5.18. The Morgan fingerprint density at radius 2 is 1.67 bits per heavy atom. The highest BCUT2D eigenvalue weighted by atomic mass is 16.5. The lowest BCUT2D eigenvalue weighted by molar-refractivity contribution is -0.138. The van der Waals surface area contributed by atoms with Gasteiger partial charge in [0, 0.05) is 5.69 Å². The van der Waals surface area contributed by atoms with Gasteiger partial charge in [-0.05, 0) is 49.2 Å². The van der Waals surface area contributed by atoms with Gasteiger partial charge in [0.15, 0.2) is 0 Å². The number of carbonyl (C=O) groups excluding carboxylic acids is 1. The Labute approximate surface area is 141 Å². The van der Waals surface area contributed by atoms with E-state index in [4.69, 9.17) is 9.84 Å². The lowest BCUT2D eigenvalue weighted by Gasteiger charge is -2.14. The number of benzene rings is 2. The van der Waals surface area contributed by atoms with Gasteiger partial charge in [0.05, 0.1) is 18.9 Å². The Kier molecular flexibility index (Phi) is 5.58. The largest absolute Gasteiger partial charge is 0.497 e. The average molecular weight is 327 g/mol. The number of carbonyl (C=O) groups is 2. The summed E-state index contributed by atoms with van der Waals surface area (Å²) in [4.78, 5) is 23.4. The van der Waals surface area contributed by atoms with Gasteiger partial charge in [0.25, 0.3) is 0 Å². The van der Waals surface area contributed by atoms with Crippen molar-refractivity contribution in [3.05, 3.63) is 59.7 Å². The first-order valence-electron chi connectivity index (χ1n) is 7.70. The first-order valence-corrected chi connectivity index (χ1v) is 7.70. The molecule has 1 amide bonds. The second-order valence-electron chi connectivity index (χ2n) is 5.67. The minimum Gasteiger partial charge on any atom is -0.497 e. The van der Waals surface area contributed by atoms with E-state index in [1.807, 2.05) is 31.2 Å². The Hall–Kier alpha value is -2.82. The number of hydrogen-bond acceptors (Lipinski definition) is 3. The molecule has 0 radical (unpaired) electrons. The second kappa shape index (κ2) is 7.64. The molecule has 2 aromatic carbocycles. The summed E-state index contributed by atoms with van der Waals surface area (Å²) in [6, 6.07) is 14.2. The van der Waals surface area contributed by atoms with Gasteiger partial charge in [-0.25, -0.2) is 0 Å². The van der Waals surface area contributed by atoms with Crippen LogP contribution in [-0.2, 0) is 9.59 Å². The van der Waals surface area contributed by atoms with Gasteiger partial charge in [-0.2, -0.15) is 0 Å². The molecule has 0 aromatic heterocycles. The lowest BCUT2D eigenvalue weighted by Crippen LogP contribution is -2.19. The predicted octanol–water partition coefficient (Wildman–Crippen LogP) is 3.63. The van der Waals surface area contributed by atoms with Crippen LogP contribution in [0.5, 0.6) is 5.75 Å². The maximum atomic E-state index is 12.4. The SMILES string of the molecule is COc1cccc(C(C)C(=O)Nc2ccc(C(C)C(=O)O)cc2)c1. The number of anilines is 1. The molecule has 2 aromatic rings. The normalized spacial score (nSPS) is 13.0. The van der Waals surface area contributed by atoms with Crippen molar-refractivity contribution in [3.63, 3.8) is 0 Å². The van der Waals surface area contributed by atoms with Crippen molar-refractivity contribution in [2.75, 3.05) is 12.4 Å². The van der Waals surface area contributed by atoms with E-state index in [1.165, 1.54) is 0 Å². The fraction of sp³-hybridized carbons (Fsp3) is 0.263. The molecule has 0 saturated heterocycles. The molecule has 5 nitrogen and oxygen atoms in total. The van der Waals surface area contributed by atoms with Crippen LogP contribution in [0.4, 0.5) is 5.69 Å². The molecule has 0 bridgehead atoms. The van der Waals surface area contributed by atoms with E-state index in [1.54, 1.807) is 38.3 Å². The number of aliphatic carboxylic acids is 1. The highest BCUT2D eigenvalue weighted by Gasteiger charge is 2.17. The van der Waals surface area contributed by atoms with Gasteiger partial charge in [-0.1, -0.05) is 24.3 Å². The predicted molar refractivity (Wildman–Crippen MR) is 92.5 cm³/mol. The monoisotopic (exact) mass is 327 g/mol. The third-order valence-corrected chi connectivity index (χ3v) is 4.04. The number of hydrogen-bond donors (Lipinski definition) is 2.